The molecule has 0 bridgehead atoms. The number of anilines is 1. The van der Waals surface area contributed by atoms with E-state index < -0.39 is 33.2 Å². The van der Waals surface area contributed by atoms with Crippen molar-refractivity contribution in [3.63, 3.8) is 0 Å². The Morgan fingerprint density at radius 1 is 0.926 bits per heavy atom. The standard InChI is InChI=1S/C19H21FN2O4S/c1-14-2-8-17(9-3-14)22-19(24)13-27(25,26)12-18(23)21-11-10-15-4-6-16(20)7-5-15/h2-9H,10-13H2,1H3,(H,21,23)(H,22,24). The molecule has 0 saturated heterocycles. The molecule has 0 aliphatic rings. The maximum absolute atomic E-state index is 12.8. The monoisotopic (exact) mass is 392 g/mol. The van der Waals surface area contributed by atoms with Crippen LogP contribution in [0.2, 0.25) is 0 Å². The van der Waals surface area contributed by atoms with Crippen LogP contribution in [0, 0.1) is 12.7 Å². The average molecular weight is 392 g/mol. The first-order valence-electron chi connectivity index (χ1n) is 8.31. The van der Waals surface area contributed by atoms with Gasteiger partial charge in [-0.25, -0.2) is 12.8 Å². The van der Waals surface area contributed by atoms with E-state index in [1.807, 2.05) is 6.92 Å². The molecule has 0 aliphatic heterocycles. The van der Waals surface area contributed by atoms with Crippen molar-refractivity contribution in [2.24, 2.45) is 0 Å². The van der Waals surface area contributed by atoms with Crippen LogP contribution in [0.5, 0.6) is 0 Å². The van der Waals surface area contributed by atoms with E-state index in [9.17, 15) is 22.4 Å². The summed E-state index contributed by atoms with van der Waals surface area (Å²) in [5, 5.41) is 4.97. The second-order valence-corrected chi connectivity index (χ2v) is 8.24. The number of rotatable bonds is 8. The highest BCUT2D eigenvalue weighted by molar-refractivity contribution is 7.92. The Morgan fingerprint density at radius 2 is 1.52 bits per heavy atom. The predicted octanol–water partition coefficient (Wildman–Crippen LogP) is 1.85. The molecule has 0 atom stereocenters. The molecule has 0 radical (unpaired) electrons. The molecular formula is C19H21FN2O4S. The molecule has 0 heterocycles. The fourth-order valence-electron chi connectivity index (χ4n) is 2.33. The molecule has 6 nitrogen and oxygen atoms in total. The Morgan fingerprint density at radius 3 is 2.15 bits per heavy atom. The maximum atomic E-state index is 12.8. The summed E-state index contributed by atoms with van der Waals surface area (Å²) in [5.74, 6) is -3.26. The van der Waals surface area contributed by atoms with Gasteiger partial charge in [0.1, 0.15) is 17.3 Å². The smallest absolute Gasteiger partial charge is 0.239 e. The van der Waals surface area contributed by atoms with Gasteiger partial charge in [-0.3, -0.25) is 9.59 Å². The fourth-order valence-corrected chi connectivity index (χ4v) is 3.41. The van der Waals surface area contributed by atoms with Gasteiger partial charge in [0, 0.05) is 12.2 Å². The van der Waals surface area contributed by atoms with Crippen molar-refractivity contribution in [2.75, 3.05) is 23.4 Å². The minimum Gasteiger partial charge on any atom is -0.355 e. The summed E-state index contributed by atoms with van der Waals surface area (Å²) in [6.45, 7) is 2.11. The highest BCUT2D eigenvalue weighted by Crippen LogP contribution is 2.08. The van der Waals surface area contributed by atoms with Gasteiger partial charge < -0.3 is 10.6 Å². The second kappa shape index (κ2) is 9.27. The molecule has 0 spiro atoms. The summed E-state index contributed by atoms with van der Waals surface area (Å²) >= 11 is 0. The SMILES string of the molecule is Cc1ccc(NC(=O)CS(=O)(=O)CC(=O)NCCc2ccc(F)cc2)cc1. The summed E-state index contributed by atoms with van der Waals surface area (Å²) in [7, 11) is -3.88. The van der Waals surface area contributed by atoms with Crippen LogP contribution in [0.15, 0.2) is 48.5 Å². The molecule has 0 aromatic heterocycles. The van der Waals surface area contributed by atoms with Gasteiger partial charge in [0.05, 0.1) is 0 Å². The van der Waals surface area contributed by atoms with Crippen molar-refractivity contribution >= 4 is 27.3 Å². The topological polar surface area (TPSA) is 92.3 Å². The molecule has 27 heavy (non-hydrogen) atoms. The van der Waals surface area contributed by atoms with Crippen molar-refractivity contribution in [2.45, 2.75) is 13.3 Å². The minimum atomic E-state index is -3.88. The maximum Gasteiger partial charge on any atom is 0.239 e. The van der Waals surface area contributed by atoms with E-state index in [0.29, 0.717) is 12.1 Å². The van der Waals surface area contributed by atoms with Crippen LogP contribution >= 0.6 is 0 Å². The number of nitrogens with one attached hydrogen (secondary N) is 2. The largest absolute Gasteiger partial charge is 0.355 e. The molecule has 144 valence electrons. The molecule has 0 aliphatic carbocycles. The number of hydrogen-bond donors (Lipinski definition) is 2. The lowest BCUT2D eigenvalue weighted by atomic mass is 10.1. The van der Waals surface area contributed by atoms with Crippen molar-refractivity contribution < 1.29 is 22.4 Å². The number of aryl methyl sites for hydroxylation is 1. The molecule has 0 unspecified atom stereocenters. The third kappa shape index (κ3) is 7.57. The van der Waals surface area contributed by atoms with Gasteiger partial charge in [-0.05, 0) is 43.2 Å². The summed E-state index contributed by atoms with van der Waals surface area (Å²) in [6, 6.07) is 12.7. The Labute approximate surface area is 157 Å². The van der Waals surface area contributed by atoms with Gasteiger partial charge in [0.2, 0.25) is 11.8 Å². The van der Waals surface area contributed by atoms with E-state index in [1.165, 1.54) is 12.1 Å². The van der Waals surface area contributed by atoms with Gasteiger partial charge in [0.15, 0.2) is 9.84 Å². The minimum absolute atomic E-state index is 0.218. The van der Waals surface area contributed by atoms with Crippen molar-refractivity contribution in [3.05, 3.63) is 65.5 Å². The van der Waals surface area contributed by atoms with Gasteiger partial charge >= 0.3 is 0 Å². The quantitative estimate of drug-likeness (QED) is 0.717. The number of halogens is 1. The molecule has 2 amide bonds. The van der Waals surface area contributed by atoms with E-state index in [2.05, 4.69) is 10.6 Å². The number of hydrogen-bond acceptors (Lipinski definition) is 4. The van der Waals surface area contributed by atoms with Gasteiger partial charge in [0.25, 0.3) is 0 Å². The van der Waals surface area contributed by atoms with E-state index >= 15 is 0 Å². The number of carbonyl (C=O) groups excluding carboxylic acids is 2. The Bertz CT molecular complexity index is 894. The third-order valence-corrected chi connectivity index (χ3v) is 5.09. The molecule has 0 saturated carbocycles. The van der Waals surface area contributed by atoms with Crippen LogP contribution in [-0.2, 0) is 25.8 Å². The van der Waals surface area contributed by atoms with Crippen LogP contribution in [0.1, 0.15) is 11.1 Å². The first-order valence-corrected chi connectivity index (χ1v) is 10.1. The molecule has 2 N–H and O–H groups in total. The summed E-state index contributed by atoms with van der Waals surface area (Å²) in [5.41, 5.74) is 2.32. The Kier molecular flexibility index (Phi) is 7.06. The normalized spacial score (nSPS) is 11.0. The first-order chi connectivity index (χ1) is 12.7. The van der Waals surface area contributed by atoms with Crippen molar-refractivity contribution in [3.8, 4) is 0 Å². The van der Waals surface area contributed by atoms with Gasteiger partial charge in [-0.15, -0.1) is 0 Å². The van der Waals surface area contributed by atoms with E-state index in [0.717, 1.165) is 11.1 Å². The Balaban J connectivity index is 1.76. The lowest BCUT2D eigenvalue weighted by Crippen LogP contribution is -2.35. The number of benzene rings is 2. The second-order valence-electron chi connectivity index (χ2n) is 6.17. The van der Waals surface area contributed by atoms with Crippen LogP contribution < -0.4 is 10.6 Å². The van der Waals surface area contributed by atoms with Crippen LogP contribution in [-0.4, -0.2) is 38.3 Å². The highest BCUT2D eigenvalue weighted by Gasteiger charge is 2.20. The van der Waals surface area contributed by atoms with E-state index in [4.69, 9.17) is 0 Å². The zero-order chi connectivity index (χ0) is 19.9. The lowest BCUT2D eigenvalue weighted by Gasteiger charge is -2.08. The lowest BCUT2D eigenvalue weighted by molar-refractivity contribution is -0.118. The van der Waals surface area contributed by atoms with E-state index in [-0.39, 0.29) is 12.4 Å². The van der Waals surface area contributed by atoms with Crippen LogP contribution in [0.3, 0.4) is 0 Å². The zero-order valence-corrected chi connectivity index (χ0v) is 15.7. The number of carbonyl (C=O) groups is 2. The Hall–Kier alpha value is -2.74. The summed E-state index contributed by atoms with van der Waals surface area (Å²) < 4.78 is 36.8. The van der Waals surface area contributed by atoms with Crippen molar-refractivity contribution in [1.82, 2.24) is 5.32 Å². The first kappa shape index (κ1) is 20.6. The van der Waals surface area contributed by atoms with Crippen LogP contribution in [0.25, 0.3) is 0 Å². The molecule has 8 heteroatoms. The molecule has 2 aromatic carbocycles. The molecular weight excluding hydrogens is 371 g/mol. The zero-order valence-electron chi connectivity index (χ0n) is 14.9. The van der Waals surface area contributed by atoms with Gasteiger partial charge in [-0.2, -0.15) is 0 Å². The highest BCUT2D eigenvalue weighted by atomic mass is 32.2. The van der Waals surface area contributed by atoms with E-state index in [1.54, 1.807) is 36.4 Å². The predicted molar refractivity (Wildman–Crippen MR) is 102 cm³/mol. The summed E-state index contributed by atoms with van der Waals surface area (Å²) in [6.07, 6.45) is 0.444. The molecule has 0 fully saturated rings. The molecule has 2 rings (SSSR count). The average Bonchev–Trinajstić information content (AvgIpc) is 2.57. The van der Waals surface area contributed by atoms with Crippen LogP contribution in [0.4, 0.5) is 10.1 Å². The van der Waals surface area contributed by atoms with Gasteiger partial charge in [-0.1, -0.05) is 29.8 Å². The number of sulfone groups is 1. The molecule has 2 aromatic rings. The van der Waals surface area contributed by atoms with Crippen molar-refractivity contribution in [1.29, 1.82) is 0 Å². The number of amides is 2. The fraction of sp³-hybridized carbons (Fsp3) is 0.263. The third-order valence-electron chi connectivity index (χ3n) is 3.69. The summed E-state index contributed by atoms with van der Waals surface area (Å²) in [4.78, 5) is 23.7.